The Morgan fingerprint density at radius 3 is 2.67 bits per heavy atom. The Balaban J connectivity index is 1.69. The molecule has 7 heteroatoms. The number of thiazole rings is 1. The molecule has 1 amide bonds. The van der Waals surface area contributed by atoms with Gasteiger partial charge in [0, 0.05) is 39.8 Å². The van der Waals surface area contributed by atoms with Gasteiger partial charge in [-0.3, -0.25) is 4.79 Å². The van der Waals surface area contributed by atoms with Crippen LogP contribution in [0.4, 0.5) is 10.9 Å². The van der Waals surface area contributed by atoms with Crippen LogP contribution in [-0.4, -0.2) is 67.5 Å². The summed E-state index contributed by atoms with van der Waals surface area (Å²) in [5.74, 6) is 1.07. The number of anilines is 2. The van der Waals surface area contributed by atoms with Gasteiger partial charge in [0.05, 0.1) is 0 Å². The van der Waals surface area contributed by atoms with E-state index in [2.05, 4.69) is 21.8 Å². The molecule has 0 radical (unpaired) electrons. The van der Waals surface area contributed by atoms with E-state index in [9.17, 15) is 4.79 Å². The molecule has 1 aliphatic carbocycles. The Morgan fingerprint density at radius 2 is 2.05 bits per heavy atom. The molecule has 0 unspecified atom stereocenters. The smallest absolute Gasteiger partial charge is 0.267 e. The van der Waals surface area contributed by atoms with Crippen molar-refractivity contribution in [2.75, 3.05) is 57.5 Å². The maximum Gasteiger partial charge on any atom is 0.267 e. The molecule has 1 saturated heterocycles. The maximum atomic E-state index is 12.5. The van der Waals surface area contributed by atoms with Crippen molar-refractivity contribution in [3.8, 4) is 0 Å². The van der Waals surface area contributed by atoms with E-state index in [-0.39, 0.29) is 5.91 Å². The van der Waals surface area contributed by atoms with E-state index in [0.717, 1.165) is 37.9 Å². The van der Waals surface area contributed by atoms with E-state index < -0.39 is 0 Å². The fourth-order valence-electron chi connectivity index (χ4n) is 2.55. The van der Waals surface area contributed by atoms with Crippen LogP contribution in [0.15, 0.2) is 0 Å². The number of aromatic nitrogens is 1. The van der Waals surface area contributed by atoms with Crippen molar-refractivity contribution in [3.63, 3.8) is 0 Å². The van der Waals surface area contributed by atoms with Crippen LogP contribution in [0.5, 0.6) is 0 Å². The number of nitrogens with zero attached hydrogens (tertiary/aromatic N) is 4. The summed E-state index contributed by atoms with van der Waals surface area (Å²) in [4.78, 5) is 23.8. The average molecular weight is 309 g/mol. The van der Waals surface area contributed by atoms with Gasteiger partial charge in [-0.25, -0.2) is 4.98 Å². The zero-order chi connectivity index (χ0) is 15.0. The number of nitrogens with two attached hydrogens (primary N) is 1. The molecule has 116 valence electrons. The average Bonchev–Trinajstić information content (AvgIpc) is 3.19. The second-order valence-electron chi connectivity index (χ2n) is 6.13. The first-order chi connectivity index (χ1) is 10.0. The van der Waals surface area contributed by atoms with Crippen LogP contribution >= 0.6 is 11.3 Å². The lowest BCUT2D eigenvalue weighted by Gasteiger charge is -2.32. The maximum absolute atomic E-state index is 12.5. The number of hydrogen-bond donors (Lipinski definition) is 1. The van der Waals surface area contributed by atoms with Crippen molar-refractivity contribution < 1.29 is 4.79 Å². The van der Waals surface area contributed by atoms with Gasteiger partial charge in [-0.1, -0.05) is 11.3 Å². The summed E-state index contributed by atoms with van der Waals surface area (Å²) >= 11 is 1.43. The summed E-state index contributed by atoms with van der Waals surface area (Å²) in [5.41, 5.74) is 5.98. The minimum Gasteiger partial charge on any atom is -0.382 e. The van der Waals surface area contributed by atoms with Crippen LogP contribution in [-0.2, 0) is 0 Å². The summed E-state index contributed by atoms with van der Waals surface area (Å²) in [6.07, 6.45) is 2.48. The number of piperazine rings is 1. The number of carbonyl (C=O) groups is 1. The van der Waals surface area contributed by atoms with Gasteiger partial charge in [0.2, 0.25) is 0 Å². The van der Waals surface area contributed by atoms with Gasteiger partial charge in [0.15, 0.2) is 5.13 Å². The van der Waals surface area contributed by atoms with Crippen LogP contribution < -0.4 is 10.6 Å². The molecule has 2 N–H and O–H groups in total. The van der Waals surface area contributed by atoms with Crippen molar-refractivity contribution >= 4 is 28.2 Å². The number of carbonyl (C=O) groups excluding carboxylic acids is 1. The minimum atomic E-state index is 0.0114. The number of rotatable bonds is 4. The Morgan fingerprint density at radius 1 is 1.38 bits per heavy atom. The number of nitrogen functional groups attached to an aromatic ring is 1. The zero-order valence-corrected chi connectivity index (χ0v) is 13.5. The van der Waals surface area contributed by atoms with Crippen molar-refractivity contribution in [3.05, 3.63) is 4.88 Å². The Bertz CT molecular complexity index is 519. The molecule has 1 aliphatic heterocycles. The Labute approximate surface area is 129 Å². The Kier molecular flexibility index (Phi) is 4.03. The largest absolute Gasteiger partial charge is 0.382 e. The van der Waals surface area contributed by atoms with E-state index in [1.165, 1.54) is 24.2 Å². The highest BCUT2D eigenvalue weighted by atomic mass is 32.1. The summed E-state index contributed by atoms with van der Waals surface area (Å²) in [7, 11) is 3.98. The quantitative estimate of drug-likeness (QED) is 0.897. The molecular weight excluding hydrogens is 286 g/mol. The molecule has 2 fully saturated rings. The summed E-state index contributed by atoms with van der Waals surface area (Å²) < 4.78 is 0. The van der Waals surface area contributed by atoms with Gasteiger partial charge in [-0.2, -0.15) is 0 Å². The molecule has 3 rings (SSSR count). The van der Waals surface area contributed by atoms with Crippen molar-refractivity contribution in [2.45, 2.75) is 12.8 Å². The summed E-state index contributed by atoms with van der Waals surface area (Å²) in [5, 5.41) is 0.878. The standard InChI is InChI=1S/C14H23N5OS/c1-17-5-7-19(8-6-17)14-16-12(15)11(21-14)13(20)18(2)9-10-3-4-10/h10H,3-9,15H2,1-2H3. The van der Waals surface area contributed by atoms with Crippen molar-refractivity contribution in [1.82, 2.24) is 14.8 Å². The molecule has 0 spiro atoms. The SMILES string of the molecule is CN1CCN(c2nc(N)c(C(=O)N(C)CC3CC3)s2)CC1. The van der Waals surface area contributed by atoms with Crippen LogP contribution in [0.2, 0.25) is 0 Å². The first-order valence-electron chi connectivity index (χ1n) is 7.50. The van der Waals surface area contributed by atoms with Gasteiger partial charge >= 0.3 is 0 Å². The third-order valence-corrected chi connectivity index (χ3v) is 5.31. The van der Waals surface area contributed by atoms with Crippen molar-refractivity contribution in [2.24, 2.45) is 5.92 Å². The van der Waals surface area contributed by atoms with Crippen LogP contribution in [0.1, 0.15) is 22.5 Å². The van der Waals surface area contributed by atoms with E-state index in [0.29, 0.717) is 16.6 Å². The van der Waals surface area contributed by atoms with Crippen LogP contribution in [0.3, 0.4) is 0 Å². The third kappa shape index (κ3) is 3.29. The summed E-state index contributed by atoms with van der Waals surface area (Å²) in [6, 6.07) is 0. The van der Waals surface area contributed by atoms with Gasteiger partial charge in [-0.05, 0) is 25.8 Å². The molecule has 0 bridgehead atoms. The molecule has 1 aromatic heterocycles. The molecule has 2 aliphatic rings. The predicted octanol–water partition coefficient (Wildman–Crippen LogP) is 0.959. The summed E-state index contributed by atoms with van der Waals surface area (Å²) in [6.45, 7) is 4.75. The Hall–Kier alpha value is -1.34. The lowest BCUT2D eigenvalue weighted by molar-refractivity contribution is 0.0794. The number of amides is 1. The van der Waals surface area contributed by atoms with Gasteiger partial charge in [0.25, 0.3) is 5.91 Å². The minimum absolute atomic E-state index is 0.0114. The highest BCUT2D eigenvalue weighted by molar-refractivity contribution is 7.18. The predicted molar refractivity (Wildman–Crippen MR) is 85.9 cm³/mol. The normalized spacial score (nSPS) is 19.8. The molecule has 1 saturated carbocycles. The second kappa shape index (κ2) is 5.81. The number of hydrogen-bond acceptors (Lipinski definition) is 6. The second-order valence-corrected chi connectivity index (χ2v) is 7.11. The number of likely N-dealkylation sites (N-methyl/N-ethyl adjacent to an activating group) is 1. The first kappa shape index (κ1) is 14.6. The fraction of sp³-hybridized carbons (Fsp3) is 0.714. The van der Waals surface area contributed by atoms with Gasteiger partial charge in [-0.15, -0.1) is 0 Å². The zero-order valence-electron chi connectivity index (χ0n) is 12.7. The van der Waals surface area contributed by atoms with E-state index in [1.807, 2.05) is 7.05 Å². The molecule has 2 heterocycles. The van der Waals surface area contributed by atoms with E-state index in [1.54, 1.807) is 4.90 Å². The molecule has 21 heavy (non-hydrogen) atoms. The molecule has 1 aromatic rings. The fourth-order valence-corrected chi connectivity index (χ4v) is 3.58. The highest BCUT2D eigenvalue weighted by Gasteiger charge is 2.28. The van der Waals surface area contributed by atoms with E-state index >= 15 is 0 Å². The lowest BCUT2D eigenvalue weighted by Crippen LogP contribution is -2.44. The first-order valence-corrected chi connectivity index (χ1v) is 8.31. The topological polar surface area (TPSA) is 65.7 Å². The van der Waals surface area contributed by atoms with E-state index in [4.69, 9.17) is 5.73 Å². The highest BCUT2D eigenvalue weighted by Crippen LogP contribution is 2.32. The molecular formula is C14H23N5OS. The lowest BCUT2D eigenvalue weighted by atomic mass is 10.3. The van der Waals surface area contributed by atoms with Crippen molar-refractivity contribution in [1.29, 1.82) is 0 Å². The van der Waals surface area contributed by atoms with Gasteiger partial charge in [0.1, 0.15) is 10.7 Å². The third-order valence-electron chi connectivity index (χ3n) is 4.19. The monoisotopic (exact) mass is 309 g/mol. The van der Waals surface area contributed by atoms with Crippen LogP contribution in [0.25, 0.3) is 0 Å². The molecule has 0 aromatic carbocycles. The van der Waals surface area contributed by atoms with Gasteiger partial charge < -0.3 is 20.4 Å². The van der Waals surface area contributed by atoms with Crippen LogP contribution in [0, 0.1) is 5.92 Å². The molecule has 6 nitrogen and oxygen atoms in total. The molecule has 0 atom stereocenters.